The van der Waals surface area contributed by atoms with Gasteiger partial charge in [0, 0.05) is 6.26 Å². The highest BCUT2D eigenvalue weighted by Gasteiger charge is 2.24. The van der Waals surface area contributed by atoms with Gasteiger partial charge in [-0.3, -0.25) is 0 Å². The Kier molecular flexibility index (Phi) is 3.40. The third kappa shape index (κ3) is 2.64. The lowest BCUT2D eigenvalue weighted by atomic mass is 10.1. The number of imidazole rings is 1. The Morgan fingerprint density at radius 2 is 2.05 bits per heavy atom. The second-order valence-corrected chi connectivity index (χ2v) is 7.15. The Bertz CT molecular complexity index is 702. The molecule has 5 nitrogen and oxygen atoms in total. The SMILES string of the molecule is CCNC(C)(C)c1nc2c(S(C)(=O)=O)cccc2[nH]1. The van der Waals surface area contributed by atoms with Crippen LogP contribution in [0.15, 0.2) is 23.1 Å². The molecule has 0 radical (unpaired) electrons. The van der Waals surface area contributed by atoms with Gasteiger partial charge in [0.2, 0.25) is 0 Å². The van der Waals surface area contributed by atoms with Gasteiger partial charge in [0.15, 0.2) is 9.84 Å². The minimum Gasteiger partial charge on any atom is -0.340 e. The monoisotopic (exact) mass is 281 g/mol. The molecule has 0 saturated carbocycles. The van der Waals surface area contributed by atoms with E-state index in [0.29, 0.717) is 5.52 Å². The highest BCUT2D eigenvalue weighted by atomic mass is 32.2. The van der Waals surface area contributed by atoms with Crippen LogP contribution in [0, 0.1) is 0 Å². The molecule has 19 heavy (non-hydrogen) atoms. The molecule has 0 aliphatic heterocycles. The van der Waals surface area contributed by atoms with Crippen molar-refractivity contribution in [2.24, 2.45) is 0 Å². The minimum atomic E-state index is -3.28. The first-order chi connectivity index (χ1) is 8.75. The molecule has 0 spiro atoms. The lowest BCUT2D eigenvalue weighted by molar-refractivity contribution is 0.395. The zero-order chi connectivity index (χ0) is 14.3. The normalized spacial score (nSPS) is 13.1. The van der Waals surface area contributed by atoms with Crippen molar-refractivity contribution in [3.63, 3.8) is 0 Å². The first-order valence-corrected chi connectivity index (χ1v) is 8.09. The van der Waals surface area contributed by atoms with Crippen LogP contribution in [-0.2, 0) is 15.4 Å². The maximum absolute atomic E-state index is 11.8. The molecule has 0 bridgehead atoms. The van der Waals surface area contributed by atoms with Crippen LogP contribution in [0.5, 0.6) is 0 Å². The highest BCUT2D eigenvalue weighted by molar-refractivity contribution is 7.91. The van der Waals surface area contributed by atoms with Gasteiger partial charge in [-0.2, -0.15) is 0 Å². The van der Waals surface area contributed by atoms with E-state index in [4.69, 9.17) is 0 Å². The van der Waals surface area contributed by atoms with E-state index in [0.717, 1.165) is 17.9 Å². The number of aromatic nitrogens is 2. The summed E-state index contributed by atoms with van der Waals surface area (Å²) < 4.78 is 23.5. The first kappa shape index (κ1) is 14.0. The number of aromatic amines is 1. The first-order valence-electron chi connectivity index (χ1n) is 6.20. The summed E-state index contributed by atoms with van der Waals surface area (Å²) in [6, 6.07) is 5.14. The second-order valence-electron chi connectivity index (χ2n) is 5.17. The molecule has 2 aromatic rings. The third-order valence-corrected chi connectivity index (χ3v) is 4.21. The van der Waals surface area contributed by atoms with Gasteiger partial charge in [0.1, 0.15) is 11.3 Å². The van der Waals surface area contributed by atoms with E-state index >= 15 is 0 Å². The van der Waals surface area contributed by atoms with Crippen LogP contribution in [0.1, 0.15) is 26.6 Å². The van der Waals surface area contributed by atoms with Crippen LogP contribution in [-0.4, -0.2) is 31.2 Å². The summed E-state index contributed by atoms with van der Waals surface area (Å²) in [6.45, 7) is 6.85. The lowest BCUT2D eigenvalue weighted by Gasteiger charge is -2.22. The number of H-pyrrole nitrogens is 1. The van der Waals surface area contributed by atoms with Crippen LogP contribution in [0.4, 0.5) is 0 Å². The Balaban J connectivity index is 2.65. The molecule has 2 N–H and O–H groups in total. The maximum Gasteiger partial charge on any atom is 0.177 e. The quantitative estimate of drug-likeness (QED) is 0.896. The van der Waals surface area contributed by atoms with Gasteiger partial charge in [0.05, 0.1) is 16.0 Å². The summed E-state index contributed by atoms with van der Waals surface area (Å²) in [5, 5.41) is 3.31. The largest absolute Gasteiger partial charge is 0.340 e. The summed E-state index contributed by atoms with van der Waals surface area (Å²) >= 11 is 0. The molecule has 104 valence electrons. The van der Waals surface area contributed by atoms with Crippen LogP contribution in [0.3, 0.4) is 0 Å². The molecule has 0 amide bonds. The molecule has 6 heteroatoms. The maximum atomic E-state index is 11.8. The Labute approximate surface area is 113 Å². The zero-order valence-electron chi connectivity index (χ0n) is 11.6. The highest BCUT2D eigenvalue weighted by Crippen LogP contribution is 2.25. The summed E-state index contributed by atoms with van der Waals surface area (Å²) in [7, 11) is -3.28. The number of rotatable bonds is 4. The summed E-state index contributed by atoms with van der Waals surface area (Å²) in [4.78, 5) is 7.93. The molecule has 1 aromatic carbocycles. The van der Waals surface area contributed by atoms with Gasteiger partial charge in [-0.1, -0.05) is 13.0 Å². The van der Waals surface area contributed by atoms with E-state index in [-0.39, 0.29) is 10.4 Å². The summed E-state index contributed by atoms with van der Waals surface area (Å²) in [5.41, 5.74) is 0.914. The van der Waals surface area contributed by atoms with E-state index in [1.807, 2.05) is 26.8 Å². The average Bonchev–Trinajstić information content (AvgIpc) is 2.71. The number of nitrogens with zero attached hydrogens (tertiary/aromatic N) is 1. The fourth-order valence-electron chi connectivity index (χ4n) is 2.13. The van der Waals surface area contributed by atoms with Crippen molar-refractivity contribution in [1.29, 1.82) is 0 Å². The van der Waals surface area contributed by atoms with Crippen molar-refractivity contribution in [2.75, 3.05) is 12.8 Å². The minimum absolute atomic E-state index is 0.264. The van der Waals surface area contributed by atoms with Gasteiger partial charge < -0.3 is 10.3 Å². The standard InChI is InChI=1S/C13H19N3O2S/c1-5-14-13(2,3)12-15-9-7-6-8-10(11(9)16-12)19(4,17)18/h6-8,14H,5H2,1-4H3,(H,15,16). The summed E-state index contributed by atoms with van der Waals surface area (Å²) in [6.07, 6.45) is 1.20. The lowest BCUT2D eigenvalue weighted by Crippen LogP contribution is -2.37. The van der Waals surface area contributed by atoms with Gasteiger partial charge in [-0.25, -0.2) is 13.4 Å². The van der Waals surface area contributed by atoms with Gasteiger partial charge in [-0.05, 0) is 32.5 Å². The fraction of sp³-hybridized carbons (Fsp3) is 0.462. The predicted octanol–water partition coefficient (Wildman–Crippen LogP) is 1.81. The molecule has 0 fully saturated rings. The predicted molar refractivity (Wildman–Crippen MR) is 75.9 cm³/mol. The molecular weight excluding hydrogens is 262 g/mol. The van der Waals surface area contributed by atoms with Crippen molar-refractivity contribution in [3.8, 4) is 0 Å². The zero-order valence-corrected chi connectivity index (χ0v) is 12.4. The number of hydrogen-bond donors (Lipinski definition) is 2. The van der Waals surface area contributed by atoms with E-state index in [1.165, 1.54) is 6.26 Å². The molecule has 0 saturated heterocycles. The molecule has 0 aliphatic carbocycles. The van der Waals surface area contributed by atoms with Crippen molar-refractivity contribution < 1.29 is 8.42 Å². The van der Waals surface area contributed by atoms with E-state index in [1.54, 1.807) is 12.1 Å². The molecule has 0 atom stereocenters. The van der Waals surface area contributed by atoms with Gasteiger partial charge in [0.25, 0.3) is 0 Å². The Morgan fingerprint density at radius 1 is 1.37 bits per heavy atom. The van der Waals surface area contributed by atoms with Crippen LogP contribution < -0.4 is 5.32 Å². The number of fused-ring (bicyclic) bond motifs is 1. The third-order valence-electron chi connectivity index (χ3n) is 3.09. The average molecular weight is 281 g/mol. The second kappa shape index (κ2) is 4.61. The Morgan fingerprint density at radius 3 is 2.63 bits per heavy atom. The number of hydrogen-bond acceptors (Lipinski definition) is 4. The van der Waals surface area contributed by atoms with E-state index in [9.17, 15) is 8.42 Å². The molecule has 2 rings (SSSR count). The van der Waals surface area contributed by atoms with Crippen molar-refractivity contribution in [2.45, 2.75) is 31.2 Å². The van der Waals surface area contributed by atoms with Gasteiger partial charge in [-0.15, -0.1) is 0 Å². The van der Waals surface area contributed by atoms with Crippen molar-refractivity contribution in [1.82, 2.24) is 15.3 Å². The smallest absolute Gasteiger partial charge is 0.177 e. The van der Waals surface area contributed by atoms with E-state index in [2.05, 4.69) is 15.3 Å². The number of para-hydroxylation sites is 1. The molecule has 0 aliphatic rings. The number of benzene rings is 1. The topological polar surface area (TPSA) is 74.8 Å². The number of sulfone groups is 1. The Hall–Kier alpha value is -1.40. The molecule has 0 unspecified atom stereocenters. The summed E-state index contributed by atoms with van der Waals surface area (Å²) in [5.74, 6) is 0.737. The van der Waals surface area contributed by atoms with Crippen LogP contribution in [0.2, 0.25) is 0 Å². The fourth-order valence-corrected chi connectivity index (χ4v) is 2.96. The molecule has 1 aromatic heterocycles. The molecule has 1 heterocycles. The van der Waals surface area contributed by atoms with E-state index < -0.39 is 9.84 Å². The molecular formula is C13H19N3O2S. The van der Waals surface area contributed by atoms with Crippen molar-refractivity contribution >= 4 is 20.9 Å². The number of nitrogens with one attached hydrogen (secondary N) is 2. The van der Waals surface area contributed by atoms with Crippen molar-refractivity contribution in [3.05, 3.63) is 24.0 Å². The van der Waals surface area contributed by atoms with Crippen LogP contribution >= 0.6 is 0 Å². The van der Waals surface area contributed by atoms with Crippen LogP contribution in [0.25, 0.3) is 11.0 Å². The van der Waals surface area contributed by atoms with Gasteiger partial charge >= 0.3 is 0 Å².